The molecule has 4 nitrogen and oxygen atoms in total. The number of carbonyl (C=O) groups is 1. The number of rotatable bonds is 3. The van der Waals surface area contributed by atoms with Crippen LogP contribution >= 0.6 is 11.3 Å². The molecule has 0 saturated carbocycles. The molecule has 2 aromatic heterocycles. The van der Waals surface area contributed by atoms with Crippen LogP contribution in [0.5, 0.6) is 0 Å². The maximum absolute atomic E-state index is 11.5. The molecule has 0 bridgehead atoms. The number of hydrogen-bond donors (Lipinski definition) is 1. The molecule has 0 atom stereocenters. The lowest BCUT2D eigenvalue weighted by atomic mass is 10.2. The molecule has 2 aromatic rings. The zero-order valence-corrected chi connectivity index (χ0v) is 10.5. The number of aryl methyl sites for hydroxylation is 1. The average Bonchev–Trinajstić information content (AvgIpc) is 2.93. The molecule has 17 heavy (non-hydrogen) atoms. The molecule has 0 amide bonds. The first kappa shape index (κ1) is 11.7. The predicted octanol–water partition coefficient (Wildman–Crippen LogP) is 2.94. The number of carbonyl (C=O) groups excluding carboxylic acids is 1. The minimum absolute atomic E-state index is 0.403. The van der Waals surface area contributed by atoms with E-state index in [4.69, 9.17) is 10.2 Å². The Bertz CT molecular complexity index is 542. The third-order valence-electron chi connectivity index (χ3n) is 2.46. The van der Waals surface area contributed by atoms with Crippen molar-refractivity contribution in [3.05, 3.63) is 29.0 Å². The molecule has 0 unspecified atom stereocenters. The van der Waals surface area contributed by atoms with Crippen LogP contribution in [0, 0.1) is 0 Å². The summed E-state index contributed by atoms with van der Waals surface area (Å²) in [6.07, 6.45) is 2.44. The molecule has 0 aliphatic rings. The van der Waals surface area contributed by atoms with Gasteiger partial charge in [0.1, 0.15) is 10.6 Å². The summed E-state index contributed by atoms with van der Waals surface area (Å²) in [7, 11) is 1.34. The number of ether oxygens (including phenoxy) is 1. The van der Waals surface area contributed by atoms with E-state index in [1.54, 1.807) is 12.3 Å². The average molecular weight is 251 g/mol. The molecule has 2 rings (SSSR count). The molecule has 0 radical (unpaired) electrons. The molecule has 0 aliphatic heterocycles. The van der Waals surface area contributed by atoms with E-state index in [1.165, 1.54) is 18.4 Å². The van der Waals surface area contributed by atoms with Crippen LogP contribution in [0.1, 0.15) is 22.4 Å². The number of furan rings is 1. The lowest BCUT2D eigenvalue weighted by molar-refractivity contribution is 0.0607. The van der Waals surface area contributed by atoms with Crippen LogP contribution in [0.15, 0.2) is 22.8 Å². The minimum Gasteiger partial charge on any atom is -0.469 e. The summed E-state index contributed by atoms with van der Waals surface area (Å²) in [6.45, 7) is 2.01. The summed E-state index contributed by atoms with van der Waals surface area (Å²) in [6, 6.07) is 3.66. The minimum atomic E-state index is -0.403. The highest BCUT2D eigenvalue weighted by atomic mass is 32.1. The number of nitrogen functional groups attached to an aromatic ring is 1. The Balaban J connectivity index is 2.44. The van der Waals surface area contributed by atoms with Gasteiger partial charge in [-0.2, -0.15) is 0 Å². The van der Waals surface area contributed by atoms with Gasteiger partial charge >= 0.3 is 5.97 Å². The Labute approximate surface area is 103 Å². The van der Waals surface area contributed by atoms with Crippen molar-refractivity contribution >= 4 is 23.0 Å². The maximum atomic E-state index is 11.5. The molecule has 5 heteroatoms. The van der Waals surface area contributed by atoms with Gasteiger partial charge < -0.3 is 14.9 Å². The van der Waals surface area contributed by atoms with Gasteiger partial charge in [-0.25, -0.2) is 4.79 Å². The van der Waals surface area contributed by atoms with Crippen LogP contribution < -0.4 is 5.73 Å². The summed E-state index contributed by atoms with van der Waals surface area (Å²) in [4.78, 5) is 12.8. The fourth-order valence-electron chi connectivity index (χ4n) is 1.62. The Morgan fingerprint density at radius 3 is 3.00 bits per heavy atom. The Morgan fingerprint density at radius 1 is 1.59 bits per heavy atom. The van der Waals surface area contributed by atoms with Gasteiger partial charge in [0.05, 0.1) is 19.1 Å². The van der Waals surface area contributed by atoms with Crippen LogP contribution in [0.25, 0.3) is 10.4 Å². The standard InChI is InChI=1S/C12H13NO3S/c1-3-9-7(4-5-16-9)10-6-8(13)11(17-10)12(14)15-2/h4-6H,3,13H2,1-2H3. The van der Waals surface area contributed by atoms with Crippen molar-refractivity contribution in [1.82, 2.24) is 0 Å². The van der Waals surface area contributed by atoms with Gasteiger partial charge in [-0.1, -0.05) is 6.92 Å². The monoisotopic (exact) mass is 251 g/mol. The fourth-order valence-corrected chi connectivity index (χ4v) is 2.67. The van der Waals surface area contributed by atoms with E-state index in [9.17, 15) is 4.79 Å². The Hall–Kier alpha value is -1.75. The highest BCUT2D eigenvalue weighted by Gasteiger charge is 2.17. The van der Waals surface area contributed by atoms with Crippen molar-refractivity contribution in [2.24, 2.45) is 0 Å². The molecule has 2 heterocycles. The lowest BCUT2D eigenvalue weighted by Crippen LogP contribution is -2.00. The second-order valence-electron chi connectivity index (χ2n) is 3.50. The molecule has 0 aromatic carbocycles. The number of nitrogens with two attached hydrogens (primary N) is 1. The first-order chi connectivity index (χ1) is 8.17. The van der Waals surface area contributed by atoms with Gasteiger partial charge in [-0.05, 0) is 12.1 Å². The van der Waals surface area contributed by atoms with Gasteiger partial charge in [0.25, 0.3) is 0 Å². The van der Waals surface area contributed by atoms with Crippen LogP contribution in [-0.4, -0.2) is 13.1 Å². The van der Waals surface area contributed by atoms with E-state index >= 15 is 0 Å². The van der Waals surface area contributed by atoms with Gasteiger partial charge in [0.2, 0.25) is 0 Å². The number of methoxy groups -OCH3 is 1. The van der Waals surface area contributed by atoms with E-state index in [0.29, 0.717) is 10.6 Å². The topological polar surface area (TPSA) is 65.5 Å². The summed E-state index contributed by atoms with van der Waals surface area (Å²) < 4.78 is 10.0. The highest BCUT2D eigenvalue weighted by Crippen LogP contribution is 2.36. The number of anilines is 1. The smallest absolute Gasteiger partial charge is 0.350 e. The summed E-state index contributed by atoms with van der Waals surface area (Å²) in [5, 5.41) is 0. The molecular weight excluding hydrogens is 238 g/mol. The lowest BCUT2D eigenvalue weighted by Gasteiger charge is -1.96. The van der Waals surface area contributed by atoms with Gasteiger partial charge in [-0.15, -0.1) is 11.3 Å². The van der Waals surface area contributed by atoms with Crippen molar-refractivity contribution in [3.63, 3.8) is 0 Å². The van der Waals surface area contributed by atoms with E-state index in [-0.39, 0.29) is 0 Å². The van der Waals surface area contributed by atoms with Gasteiger partial charge in [0, 0.05) is 16.9 Å². The van der Waals surface area contributed by atoms with Gasteiger partial charge in [0.15, 0.2) is 0 Å². The second kappa shape index (κ2) is 4.63. The molecule has 0 fully saturated rings. The molecule has 0 spiro atoms. The van der Waals surface area contributed by atoms with Crippen LogP contribution in [0.3, 0.4) is 0 Å². The number of thiophene rings is 1. The van der Waals surface area contributed by atoms with Crippen LogP contribution in [-0.2, 0) is 11.2 Å². The largest absolute Gasteiger partial charge is 0.469 e. The predicted molar refractivity (Wildman–Crippen MR) is 67.2 cm³/mol. The molecule has 0 aliphatic carbocycles. The Kier molecular flexibility index (Phi) is 3.19. The van der Waals surface area contributed by atoms with E-state index in [2.05, 4.69) is 4.74 Å². The summed E-state index contributed by atoms with van der Waals surface area (Å²) in [5.41, 5.74) is 7.22. The Morgan fingerprint density at radius 2 is 2.35 bits per heavy atom. The van der Waals surface area contributed by atoms with Crippen LogP contribution in [0.2, 0.25) is 0 Å². The third kappa shape index (κ3) is 2.06. The third-order valence-corrected chi connectivity index (χ3v) is 3.63. The normalized spacial score (nSPS) is 10.5. The maximum Gasteiger partial charge on any atom is 0.350 e. The zero-order chi connectivity index (χ0) is 12.4. The van der Waals surface area contributed by atoms with Crippen molar-refractivity contribution in [1.29, 1.82) is 0 Å². The molecule has 0 saturated heterocycles. The van der Waals surface area contributed by atoms with E-state index in [0.717, 1.165) is 22.6 Å². The zero-order valence-electron chi connectivity index (χ0n) is 9.65. The number of esters is 1. The quantitative estimate of drug-likeness (QED) is 0.852. The molecule has 90 valence electrons. The molecule has 2 N–H and O–H groups in total. The second-order valence-corrected chi connectivity index (χ2v) is 4.55. The fraction of sp³-hybridized carbons (Fsp3) is 0.250. The van der Waals surface area contributed by atoms with Crippen molar-refractivity contribution < 1.29 is 13.9 Å². The van der Waals surface area contributed by atoms with Gasteiger partial charge in [-0.3, -0.25) is 0 Å². The first-order valence-corrected chi connectivity index (χ1v) is 6.03. The van der Waals surface area contributed by atoms with Crippen LogP contribution in [0.4, 0.5) is 5.69 Å². The molecular formula is C12H13NO3S. The first-order valence-electron chi connectivity index (χ1n) is 5.21. The number of hydrogen-bond acceptors (Lipinski definition) is 5. The highest BCUT2D eigenvalue weighted by molar-refractivity contribution is 7.18. The van der Waals surface area contributed by atoms with Crippen molar-refractivity contribution in [2.75, 3.05) is 12.8 Å². The van der Waals surface area contributed by atoms with E-state index < -0.39 is 5.97 Å². The van der Waals surface area contributed by atoms with Crippen molar-refractivity contribution in [3.8, 4) is 10.4 Å². The van der Waals surface area contributed by atoms with Crippen molar-refractivity contribution in [2.45, 2.75) is 13.3 Å². The van der Waals surface area contributed by atoms with E-state index in [1.807, 2.05) is 13.0 Å². The SMILES string of the molecule is CCc1occc1-c1cc(N)c(C(=O)OC)s1. The summed E-state index contributed by atoms with van der Waals surface area (Å²) in [5.74, 6) is 0.489. The summed E-state index contributed by atoms with van der Waals surface area (Å²) >= 11 is 1.32.